The minimum Gasteiger partial charge on any atom is -0.382 e. The van der Waals surface area contributed by atoms with Gasteiger partial charge in [0.2, 0.25) is 0 Å². The van der Waals surface area contributed by atoms with Crippen molar-refractivity contribution in [1.29, 1.82) is 5.26 Å². The number of aromatic nitrogens is 1. The van der Waals surface area contributed by atoms with Gasteiger partial charge in [0.15, 0.2) is 0 Å². The Kier molecular flexibility index (Phi) is 3.83. The zero-order valence-corrected chi connectivity index (χ0v) is 11.1. The van der Waals surface area contributed by atoms with Gasteiger partial charge in [-0.25, -0.2) is 4.98 Å². The van der Waals surface area contributed by atoms with Crippen molar-refractivity contribution in [3.05, 3.63) is 24.0 Å². The van der Waals surface area contributed by atoms with Gasteiger partial charge in [0.05, 0.1) is 11.9 Å². The molecule has 0 atom stereocenters. The molecule has 4 nitrogen and oxygen atoms in total. The first kappa shape index (κ1) is 12.8. The van der Waals surface area contributed by atoms with Crippen molar-refractivity contribution in [1.82, 2.24) is 9.88 Å². The van der Waals surface area contributed by atoms with Crippen LogP contribution in [-0.4, -0.2) is 36.1 Å². The summed E-state index contributed by atoms with van der Waals surface area (Å²) in [6.07, 6.45) is 6.85. The van der Waals surface area contributed by atoms with Gasteiger partial charge in [-0.3, -0.25) is 0 Å². The van der Waals surface area contributed by atoms with Gasteiger partial charge in [-0.05, 0) is 39.1 Å². The molecule has 4 heteroatoms. The Morgan fingerprint density at radius 2 is 2.11 bits per heavy atom. The molecule has 96 valence electrons. The van der Waals surface area contributed by atoms with Crippen LogP contribution in [0.3, 0.4) is 0 Å². The Morgan fingerprint density at radius 3 is 2.61 bits per heavy atom. The van der Waals surface area contributed by atoms with Gasteiger partial charge in [0.1, 0.15) is 11.8 Å². The Balaban J connectivity index is 1.99. The number of rotatable bonds is 4. The smallest absolute Gasteiger partial charge is 0.140 e. The summed E-state index contributed by atoms with van der Waals surface area (Å²) in [7, 11) is 4.31. The standard InChI is InChI=1S/C14H20N4/c1-18(2)14(7-3-4-8-14)11-17-13-6-5-12(9-15)16-10-13/h5-6,10,17H,3-4,7-8,11H2,1-2H3. The number of hydrogen-bond acceptors (Lipinski definition) is 4. The fraction of sp³-hybridized carbons (Fsp3) is 0.571. The van der Waals surface area contributed by atoms with E-state index in [1.807, 2.05) is 12.1 Å². The second-order valence-corrected chi connectivity index (χ2v) is 5.22. The molecule has 0 radical (unpaired) electrons. The van der Waals surface area contributed by atoms with Gasteiger partial charge in [0, 0.05) is 12.1 Å². The molecule has 0 amide bonds. The SMILES string of the molecule is CN(C)C1(CNc2ccc(C#N)nc2)CCCC1. The molecule has 1 aliphatic rings. The van der Waals surface area contributed by atoms with E-state index in [0.717, 1.165) is 12.2 Å². The van der Waals surface area contributed by atoms with Gasteiger partial charge in [-0.2, -0.15) is 5.26 Å². The maximum absolute atomic E-state index is 8.71. The van der Waals surface area contributed by atoms with Crippen LogP contribution in [0.1, 0.15) is 31.4 Å². The van der Waals surface area contributed by atoms with Crippen molar-refractivity contribution in [3.8, 4) is 6.07 Å². The van der Waals surface area contributed by atoms with Crippen molar-refractivity contribution >= 4 is 5.69 Å². The van der Waals surface area contributed by atoms with Gasteiger partial charge >= 0.3 is 0 Å². The van der Waals surface area contributed by atoms with Gasteiger partial charge in [-0.15, -0.1) is 0 Å². The molecule has 1 saturated carbocycles. The summed E-state index contributed by atoms with van der Waals surface area (Å²) < 4.78 is 0. The van der Waals surface area contributed by atoms with Crippen LogP contribution in [0.5, 0.6) is 0 Å². The summed E-state index contributed by atoms with van der Waals surface area (Å²) in [5.41, 5.74) is 1.72. The van der Waals surface area contributed by atoms with E-state index in [1.54, 1.807) is 12.3 Å². The van der Waals surface area contributed by atoms with Gasteiger partial charge in [0.25, 0.3) is 0 Å². The molecule has 0 aliphatic heterocycles. The van der Waals surface area contributed by atoms with E-state index in [4.69, 9.17) is 5.26 Å². The van der Waals surface area contributed by atoms with Gasteiger partial charge in [-0.1, -0.05) is 12.8 Å². The van der Waals surface area contributed by atoms with Crippen LogP contribution in [0, 0.1) is 11.3 Å². The van der Waals surface area contributed by atoms with Crippen molar-refractivity contribution in [2.45, 2.75) is 31.2 Å². The molecule has 0 aromatic carbocycles. The first-order valence-corrected chi connectivity index (χ1v) is 6.44. The summed E-state index contributed by atoms with van der Waals surface area (Å²) in [6, 6.07) is 5.70. The highest BCUT2D eigenvalue weighted by Crippen LogP contribution is 2.33. The van der Waals surface area contributed by atoms with Crippen LogP contribution < -0.4 is 5.32 Å². The van der Waals surface area contributed by atoms with Crippen LogP contribution in [0.2, 0.25) is 0 Å². The van der Waals surface area contributed by atoms with Crippen LogP contribution in [0.15, 0.2) is 18.3 Å². The zero-order valence-electron chi connectivity index (χ0n) is 11.1. The highest BCUT2D eigenvalue weighted by Gasteiger charge is 2.35. The quantitative estimate of drug-likeness (QED) is 0.882. The minimum absolute atomic E-state index is 0.272. The van der Waals surface area contributed by atoms with E-state index in [9.17, 15) is 0 Å². The molecule has 1 aromatic heterocycles. The maximum Gasteiger partial charge on any atom is 0.140 e. The second-order valence-electron chi connectivity index (χ2n) is 5.22. The second kappa shape index (κ2) is 5.36. The molecular weight excluding hydrogens is 224 g/mol. The summed E-state index contributed by atoms with van der Waals surface area (Å²) >= 11 is 0. The predicted molar refractivity (Wildman–Crippen MR) is 72.3 cm³/mol. The third-order valence-electron chi connectivity index (χ3n) is 3.98. The molecule has 0 spiro atoms. The predicted octanol–water partition coefficient (Wildman–Crippen LogP) is 2.24. The highest BCUT2D eigenvalue weighted by molar-refractivity contribution is 5.43. The van der Waals surface area contributed by atoms with E-state index in [0.29, 0.717) is 5.69 Å². The third kappa shape index (κ3) is 2.62. The topological polar surface area (TPSA) is 52.0 Å². The summed E-state index contributed by atoms with van der Waals surface area (Å²) in [6.45, 7) is 0.938. The monoisotopic (exact) mass is 244 g/mol. The number of nitriles is 1. The molecule has 1 aromatic rings. The van der Waals surface area contributed by atoms with Crippen molar-refractivity contribution in [2.24, 2.45) is 0 Å². The summed E-state index contributed by atoms with van der Waals surface area (Å²) in [5.74, 6) is 0. The van der Waals surface area contributed by atoms with Crippen LogP contribution >= 0.6 is 0 Å². The normalized spacial score (nSPS) is 17.7. The van der Waals surface area contributed by atoms with Crippen molar-refractivity contribution in [3.63, 3.8) is 0 Å². The van der Waals surface area contributed by atoms with E-state index >= 15 is 0 Å². The van der Waals surface area contributed by atoms with Crippen molar-refractivity contribution in [2.75, 3.05) is 26.0 Å². The molecule has 1 aliphatic carbocycles. The van der Waals surface area contributed by atoms with E-state index in [2.05, 4.69) is 29.3 Å². The first-order valence-electron chi connectivity index (χ1n) is 6.44. The van der Waals surface area contributed by atoms with Gasteiger partial charge < -0.3 is 10.2 Å². The zero-order chi connectivity index (χ0) is 13.0. The minimum atomic E-state index is 0.272. The molecule has 18 heavy (non-hydrogen) atoms. The Bertz CT molecular complexity index is 424. The molecule has 0 unspecified atom stereocenters. The Labute approximate surface area is 109 Å². The summed E-state index contributed by atoms with van der Waals surface area (Å²) in [4.78, 5) is 6.41. The van der Waals surface area contributed by atoms with Crippen LogP contribution in [-0.2, 0) is 0 Å². The summed E-state index contributed by atoms with van der Waals surface area (Å²) in [5, 5.41) is 12.2. The molecule has 1 N–H and O–H groups in total. The molecule has 2 rings (SSSR count). The van der Waals surface area contributed by atoms with Crippen LogP contribution in [0.25, 0.3) is 0 Å². The number of likely N-dealkylation sites (N-methyl/N-ethyl adjacent to an activating group) is 1. The molecular formula is C14H20N4. The fourth-order valence-corrected chi connectivity index (χ4v) is 2.65. The molecule has 1 fully saturated rings. The number of pyridine rings is 1. The molecule has 1 heterocycles. The first-order chi connectivity index (χ1) is 8.66. The largest absolute Gasteiger partial charge is 0.382 e. The average Bonchev–Trinajstić information content (AvgIpc) is 2.87. The van der Waals surface area contributed by atoms with E-state index < -0.39 is 0 Å². The third-order valence-corrected chi connectivity index (χ3v) is 3.98. The van der Waals surface area contributed by atoms with Crippen molar-refractivity contribution < 1.29 is 0 Å². The highest BCUT2D eigenvalue weighted by atomic mass is 15.2. The molecule has 0 bridgehead atoms. The molecule has 0 saturated heterocycles. The maximum atomic E-state index is 8.71. The number of hydrogen-bond donors (Lipinski definition) is 1. The lowest BCUT2D eigenvalue weighted by molar-refractivity contribution is 0.172. The number of nitrogens with zero attached hydrogens (tertiary/aromatic N) is 3. The van der Waals surface area contributed by atoms with E-state index in [1.165, 1.54) is 25.7 Å². The Hall–Kier alpha value is -1.60. The fourth-order valence-electron chi connectivity index (χ4n) is 2.65. The lowest BCUT2D eigenvalue weighted by atomic mass is 9.96. The van der Waals surface area contributed by atoms with Crippen LogP contribution in [0.4, 0.5) is 5.69 Å². The lowest BCUT2D eigenvalue weighted by Gasteiger charge is -2.36. The average molecular weight is 244 g/mol. The number of nitrogens with one attached hydrogen (secondary N) is 1. The lowest BCUT2D eigenvalue weighted by Crippen LogP contribution is -2.47. The number of anilines is 1. The Morgan fingerprint density at radius 1 is 1.39 bits per heavy atom. The van der Waals surface area contributed by atoms with E-state index in [-0.39, 0.29) is 5.54 Å².